The number of nitrogens with one attached hydrogen (secondary N) is 1. The molecule has 1 N–H and O–H groups in total. The summed E-state index contributed by atoms with van der Waals surface area (Å²) in [5, 5.41) is 4.83. The molecular weight excluding hydrogens is 268 g/mol. The van der Waals surface area contributed by atoms with E-state index >= 15 is 0 Å². The van der Waals surface area contributed by atoms with Gasteiger partial charge in [0.25, 0.3) is 0 Å². The second kappa shape index (κ2) is 7.23. The third-order valence-corrected chi connectivity index (χ3v) is 5.80. The molecule has 18 heavy (non-hydrogen) atoms. The summed E-state index contributed by atoms with van der Waals surface area (Å²) in [6.45, 7) is 3.29. The Morgan fingerprint density at radius 1 is 1.39 bits per heavy atom. The van der Waals surface area contributed by atoms with E-state index < -0.39 is 10.0 Å². The van der Waals surface area contributed by atoms with E-state index in [-0.39, 0.29) is 0 Å². The average molecular weight is 290 g/mol. The zero-order valence-corrected chi connectivity index (χ0v) is 12.9. The van der Waals surface area contributed by atoms with Crippen LogP contribution in [0.4, 0.5) is 0 Å². The van der Waals surface area contributed by atoms with Gasteiger partial charge in [0.05, 0.1) is 4.90 Å². The number of unbranched alkanes of at least 4 members (excludes halogenated alkanes) is 2. The van der Waals surface area contributed by atoms with Crippen LogP contribution in [0.3, 0.4) is 0 Å². The summed E-state index contributed by atoms with van der Waals surface area (Å²) >= 11 is 1.48. The van der Waals surface area contributed by atoms with Crippen molar-refractivity contribution in [3.8, 4) is 0 Å². The maximum atomic E-state index is 12.4. The quantitative estimate of drug-likeness (QED) is 0.747. The van der Waals surface area contributed by atoms with Gasteiger partial charge in [0.1, 0.15) is 0 Å². The van der Waals surface area contributed by atoms with Crippen LogP contribution < -0.4 is 5.32 Å². The zero-order chi connectivity index (χ0) is 13.6. The molecule has 1 rings (SSSR count). The van der Waals surface area contributed by atoms with Gasteiger partial charge in [-0.2, -0.15) is 0 Å². The number of nitrogens with zero attached hydrogens (tertiary/aromatic N) is 1. The Kier molecular flexibility index (Phi) is 6.28. The van der Waals surface area contributed by atoms with Crippen LogP contribution >= 0.6 is 11.3 Å². The molecule has 0 unspecified atom stereocenters. The van der Waals surface area contributed by atoms with Gasteiger partial charge >= 0.3 is 0 Å². The van der Waals surface area contributed by atoms with Crippen LogP contribution in [0.25, 0.3) is 0 Å². The van der Waals surface area contributed by atoms with Crippen molar-refractivity contribution in [1.29, 1.82) is 0 Å². The molecule has 0 aromatic carbocycles. The summed E-state index contributed by atoms with van der Waals surface area (Å²) < 4.78 is 26.2. The fraction of sp³-hybridized carbons (Fsp3) is 0.667. The lowest BCUT2D eigenvalue weighted by Gasteiger charge is -2.17. The van der Waals surface area contributed by atoms with Gasteiger partial charge in [-0.25, -0.2) is 12.7 Å². The predicted octanol–water partition coefficient (Wildman–Crippen LogP) is 2.28. The first kappa shape index (κ1) is 15.6. The van der Waals surface area contributed by atoms with Gasteiger partial charge in [-0.3, -0.25) is 0 Å². The second-order valence-electron chi connectivity index (χ2n) is 4.27. The van der Waals surface area contributed by atoms with Gasteiger partial charge in [-0.1, -0.05) is 19.8 Å². The third-order valence-electron chi connectivity index (χ3n) is 2.81. The lowest BCUT2D eigenvalue weighted by Crippen LogP contribution is -2.28. The molecule has 0 bridgehead atoms. The Balaban J connectivity index is 2.81. The van der Waals surface area contributed by atoms with Crippen molar-refractivity contribution in [2.75, 3.05) is 20.6 Å². The van der Waals surface area contributed by atoms with E-state index in [4.69, 9.17) is 0 Å². The standard InChI is InChI=1S/C12H22N2O2S2/c1-4-5-6-8-14(3)18(15,16)12-7-9-17-11(12)10-13-2/h7,9,13H,4-6,8,10H2,1-3H3. The van der Waals surface area contributed by atoms with Crippen molar-refractivity contribution in [3.05, 3.63) is 16.3 Å². The number of hydrogen-bond donors (Lipinski definition) is 1. The normalized spacial score (nSPS) is 12.2. The lowest BCUT2D eigenvalue weighted by atomic mass is 10.2. The summed E-state index contributed by atoms with van der Waals surface area (Å²) in [6.07, 6.45) is 3.07. The van der Waals surface area contributed by atoms with Crippen LogP contribution in [0.15, 0.2) is 16.3 Å². The lowest BCUT2D eigenvalue weighted by molar-refractivity contribution is 0.454. The first-order chi connectivity index (χ1) is 8.54. The van der Waals surface area contributed by atoms with Crippen LogP contribution in [0.2, 0.25) is 0 Å². The van der Waals surface area contributed by atoms with E-state index in [0.717, 1.165) is 24.1 Å². The third kappa shape index (κ3) is 3.78. The number of sulfonamides is 1. The summed E-state index contributed by atoms with van der Waals surface area (Å²) in [5.41, 5.74) is 0. The highest BCUT2D eigenvalue weighted by atomic mass is 32.2. The van der Waals surface area contributed by atoms with Crippen LogP contribution in [0, 0.1) is 0 Å². The van der Waals surface area contributed by atoms with Crippen molar-refractivity contribution in [1.82, 2.24) is 9.62 Å². The summed E-state index contributed by atoms with van der Waals surface area (Å²) in [4.78, 5) is 1.32. The molecule has 0 fully saturated rings. The van der Waals surface area contributed by atoms with Crippen molar-refractivity contribution in [2.45, 2.75) is 37.6 Å². The first-order valence-electron chi connectivity index (χ1n) is 6.21. The molecule has 0 aliphatic carbocycles. The van der Waals surface area contributed by atoms with E-state index in [0.29, 0.717) is 18.0 Å². The average Bonchev–Trinajstić information content (AvgIpc) is 2.78. The maximum Gasteiger partial charge on any atom is 0.243 e. The molecule has 0 amide bonds. The van der Waals surface area contributed by atoms with Crippen molar-refractivity contribution in [2.24, 2.45) is 0 Å². The zero-order valence-electron chi connectivity index (χ0n) is 11.3. The van der Waals surface area contributed by atoms with Gasteiger partial charge in [-0.15, -0.1) is 11.3 Å². The van der Waals surface area contributed by atoms with E-state index in [2.05, 4.69) is 12.2 Å². The van der Waals surface area contributed by atoms with Gasteiger partial charge in [-0.05, 0) is 24.9 Å². The van der Waals surface area contributed by atoms with Gasteiger partial charge < -0.3 is 5.32 Å². The van der Waals surface area contributed by atoms with Crippen LogP contribution in [-0.2, 0) is 16.6 Å². The fourth-order valence-electron chi connectivity index (χ4n) is 1.72. The SMILES string of the molecule is CCCCCN(C)S(=O)(=O)c1ccsc1CNC. The molecule has 0 radical (unpaired) electrons. The summed E-state index contributed by atoms with van der Waals surface area (Å²) in [6, 6.07) is 1.70. The van der Waals surface area contributed by atoms with E-state index in [1.807, 2.05) is 12.4 Å². The molecule has 0 aliphatic heterocycles. The molecule has 1 heterocycles. The number of thiophene rings is 1. The molecule has 0 atom stereocenters. The van der Waals surface area contributed by atoms with E-state index in [1.54, 1.807) is 13.1 Å². The largest absolute Gasteiger partial charge is 0.315 e. The molecule has 4 nitrogen and oxygen atoms in total. The predicted molar refractivity (Wildman–Crippen MR) is 76.4 cm³/mol. The molecule has 1 aromatic rings. The van der Waals surface area contributed by atoms with Gasteiger partial charge in [0.15, 0.2) is 0 Å². The number of hydrogen-bond acceptors (Lipinski definition) is 4. The minimum absolute atomic E-state index is 0.445. The van der Waals surface area contributed by atoms with Crippen LogP contribution in [0.1, 0.15) is 31.1 Å². The Morgan fingerprint density at radius 3 is 2.72 bits per heavy atom. The Morgan fingerprint density at radius 2 is 2.11 bits per heavy atom. The van der Waals surface area contributed by atoms with Gasteiger partial charge in [0.2, 0.25) is 10.0 Å². The number of rotatable bonds is 8. The van der Waals surface area contributed by atoms with Crippen LogP contribution in [0.5, 0.6) is 0 Å². The highest BCUT2D eigenvalue weighted by molar-refractivity contribution is 7.89. The molecule has 0 spiro atoms. The Hall–Kier alpha value is -0.430. The van der Waals surface area contributed by atoms with E-state index in [9.17, 15) is 8.42 Å². The minimum Gasteiger partial charge on any atom is -0.315 e. The second-order valence-corrected chi connectivity index (χ2v) is 7.29. The summed E-state index contributed by atoms with van der Waals surface area (Å²) in [5.74, 6) is 0. The van der Waals surface area contributed by atoms with Crippen LogP contribution in [-0.4, -0.2) is 33.4 Å². The monoisotopic (exact) mass is 290 g/mol. The topological polar surface area (TPSA) is 49.4 Å². The molecule has 6 heteroatoms. The smallest absolute Gasteiger partial charge is 0.243 e. The molecular formula is C12H22N2O2S2. The Bertz CT molecular complexity index is 454. The molecule has 1 aromatic heterocycles. The Labute approximate surface area is 114 Å². The summed E-state index contributed by atoms with van der Waals surface area (Å²) in [7, 11) is 0.154. The highest BCUT2D eigenvalue weighted by Crippen LogP contribution is 2.24. The maximum absolute atomic E-state index is 12.4. The fourth-order valence-corrected chi connectivity index (χ4v) is 4.35. The van der Waals surface area contributed by atoms with Crippen molar-refractivity contribution < 1.29 is 8.42 Å². The molecule has 0 saturated heterocycles. The highest BCUT2D eigenvalue weighted by Gasteiger charge is 2.24. The molecule has 104 valence electrons. The first-order valence-corrected chi connectivity index (χ1v) is 8.53. The minimum atomic E-state index is -3.33. The van der Waals surface area contributed by atoms with E-state index in [1.165, 1.54) is 15.6 Å². The van der Waals surface area contributed by atoms with Crippen molar-refractivity contribution in [3.63, 3.8) is 0 Å². The molecule has 0 saturated carbocycles. The molecule has 0 aliphatic rings. The van der Waals surface area contributed by atoms with Gasteiger partial charge in [0, 0.05) is 25.0 Å². The van der Waals surface area contributed by atoms with Crippen molar-refractivity contribution >= 4 is 21.4 Å².